The summed E-state index contributed by atoms with van der Waals surface area (Å²) in [6.07, 6.45) is 0.548. The monoisotopic (exact) mass is 835 g/mol. The average Bonchev–Trinajstić information content (AvgIpc) is 4.04. The number of allylic oxidation sites excluding steroid dienone is 1. The lowest BCUT2D eigenvalue weighted by Gasteiger charge is -2.35. The molecular weight excluding hydrogens is 784 g/mol. The van der Waals surface area contributed by atoms with Gasteiger partial charge in [0.2, 0.25) is 33.3 Å². The number of rotatable bonds is 9. The standard InChI is InChI=1S/C40H52F3N5O9S/c1-7-24-18-23(2)12-8-9-13-25-20-39(25,35(51)47-58(53,54)38(5)16-17-38)46-32(49)29-19-26(56-33-28-15-11-10-14-27(28)30(55-6)21-44-33)22-48(29)34(50)31(24)45-36(52)57-37(3,4)40(41,42)43/h9-11,13-15,21,23-26,29,31H,7-8,12,16-20,22H2,1-6H3,(H,45,52)(H,46,49)(H,47,51)/t23-,24-,25-,26-,29+,31+,39-/m1/s1. The SMILES string of the molecule is CC[C@@H]1C[C@H](C)CCC=C[C@@H]2C[C@@]2(C(=O)NS(=O)(=O)C2(C)CC2)NC(=O)[C@@H]2C[C@@H](Oc3ncc(OC)c4ccccc34)CN2C(=O)[C@H]1NC(=O)OC(C)(C)C(F)(F)F. The summed E-state index contributed by atoms with van der Waals surface area (Å²) in [4.78, 5) is 62.2. The Hall–Kier alpha value is -4.61. The molecular formula is C40H52F3N5O9S. The zero-order valence-electron chi connectivity index (χ0n) is 33.5. The fraction of sp³-hybridized carbons (Fsp3) is 0.625. The van der Waals surface area contributed by atoms with E-state index in [0.717, 1.165) is 0 Å². The van der Waals surface area contributed by atoms with Crippen LogP contribution in [0.25, 0.3) is 10.8 Å². The van der Waals surface area contributed by atoms with Gasteiger partial charge >= 0.3 is 12.3 Å². The number of alkyl carbamates (subject to hydrolysis) is 1. The molecule has 2 saturated carbocycles. The second kappa shape index (κ2) is 15.9. The molecule has 3 N–H and O–H groups in total. The van der Waals surface area contributed by atoms with Crippen molar-refractivity contribution in [2.24, 2.45) is 17.8 Å². The number of aromatic nitrogens is 1. The van der Waals surface area contributed by atoms with Crippen LogP contribution in [0, 0.1) is 17.8 Å². The predicted octanol–water partition coefficient (Wildman–Crippen LogP) is 5.30. The van der Waals surface area contributed by atoms with Gasteiger partial charge in [0.1, 0.15) is 29.5 Å². The zero-order chi connectivity index (χ0) is 42.4. The summed E-state index contributed by atoms with van der Waals surface area (Å²) in [5.41, 5.74) is -4.53. The van der Waals surface area contributed by atoms with Crippen LogP contribution in [0.2, 0.25) is 0 Å². The number of nitrogens with zero attached hydrogens (tertiary/aromatic N) is 2. The molecule has 318 valence electrons. The number of carbonyl (C=O) groups is 4. The molecule has 2 aliphatic carbocycles. The van der Waals surface area contributed by atoms with Crippen LogP contribution in [0.4, 0.5) is 18.0 Å². The van der Waals surface area contributed by atoms with Crippen LogP contribution in [0.5, 0.6) is 11.6 Å². The first-order chi connectivity index (χ1) is 27.1. The fourth-order valence-electron chi connectivity index (χ4n) is 7.82. The summed E-state index contributed by atoms with van der Waals surface area (Å²) in [6, 6.07) is 4.43. The number of hydrogen-bond acceptors (Lipinski definition) is 10. The van der Waals surface area contributed by atoms with Crippen LogP contribution in [0.1, 0.15) is 86.0 Å². The van der Waals surface area contributed by atoms with E-state index in [1.54, 1.807) is 25.1 Å². The Kier molecular flexibility index (Phi) is 11.8. The van der Waals surface area contributed by atoms with E-state index in [9.17, 15) is 40.8 Å². The minimum Gasteiger partial charge on any atom is -0.494 e. The third-order valence-corrected chi connectivity index (χ3v) is 14.3. The van der Waals surface area contributed by atoms with Gasteiger partial charge in [0.25, 0.3) is 5.91 Å². The number of nitrogens with one attached hydrogen (secondary N) is 3. The third-order valence-electron chi connectivity index (χ3n) is 12.1. The fourth-order valence-corrected chi connectivity index (χ4v) is 9.13. The molecule has 0 unspecified atom stereocenters. The first-order valence-corrected chi connectivity index (χ1v) is 21.1. The number of ether oxygens (including phenoxy) is 3. The van der Waals surface area contributed by atoms with Crippen molar-refractivity contribution in [3.05, 3.63) is 42.6 Å². The van der Waals surface area contributed by atoms with E-state index in [0.29, 0.717) is 68.9 Å². The van der Waals surface area contributed by atoms with Gasteiger partial charge < -0.3 is 29.7 Å². The molecule has 3 fully saturated rings. The second-order valence-electron chi connectivity index (χ2n) is 16.8. The van der Waals surface area contributed by atoms with E-state index in [2.05, 4.69) is 20.3 Å². The summed E-state index contributed by atoms with van der Waals surface area (Å²) >= 11 is 0. The number of methoxy groups -OCH3 is 1. The highest BCUT2D eigenvalue weighted by Gasteiger charge is 2.63. The van der Waals surface area contributed by atoms with Gasteiger partial charge in [-0.25, -0.2) is 18.2 Å². The van der Waals surface area contributed by atoms with E-state index in [4.69, 9.17) is 14.2 Å². The van der Waals surface area contributed by atoms with Crippen LogP contribution in [-0.4, -0.2) is 96.0 Å². The molecule has 7 atom stereocenters. The van der Waals surface area contributed by atoms with Gasteiger partial charge in [0.05, 0.1) is 24.6 Å². The number of alkyl halides is 3. The summed E-state index contributed by atoms with van der Waals surface area (Å²) in [6.45, 7) is 6.49. The highest BCUT2D eigenvalue weighted by Crippen LogP contribution is 2.48. The summed E-state index contributed by atoms with van der Waals surface area (Å²) in [5.74, 6) is -2.92. The molecule has 18 heteroatoms. The topological polar surface area (TPSA) is 182 Å². The van der Waals surface area contributed by atoms with Crippen molar-refractivity contribution in [1.29, 1.82) is 0 Å². The maximum Gasteiger partial charge on any atom is 0.427 e. The van der Waals surface area contributed by atoms with Gasteiger partial charge in [-0.3, -0.25) is 19.1 Å². The van der Waals surface area contributed by atoms with Crippen molar-refractivity contribution in [2.75, 3.05) is 13.7 Å². The van der Waals surface area contributed by atoms with Crippen molar-refractivity contribution < 1.29 is 55.0 Å². The Morgan fingerprint density at radius 1 is 1.10 bits per heavy atom. The van der Waals surface area contributed by atoms with Gasteiger partial charge in [-0.1, -0.05) is 50.6 Å². The maximum absolute atomic E-state index is 14.9. The Balaban J connectivity index is 1.37. The molecule has 0 spiro atoms. The molecule has 0 radical (unpaired) electrons. The molecule has 4 amide bonds. The minimum absolute atomic E-state index is 0.0317. The van der Waals surface area contributed by atoms with Gasteiger partial charge in [0.15, 0.2) is 0 Å². The average molecular weight is 836 g/mol. The van der Waals surface area contributed by atoms with E-state index in [-0.39, 0.29) is 31.2 Å². The van der Waals surface area contributed by atoms with Crippen molar-refractivity contribution in [3.63, 3.8) is 0 Å². The lowest BCUT2D eigenvalue weighted by atomic mass is 9.85. The van der Waals surface area contributed by atoms with Gasteiger partial charge in [0, 0.05) is 23.1 Å². The van der Waals surface area contributed by atoms with Gasteiger partial charge in [-0.15, -0.1) is 0 Å². The molecule has 2 aromatic rings. The first kappa shape index (κ1) is 43.0. The molecule has 3 heterocycles. The third kappa shape index (κ3) is 8.57. The van der Waals surface area contributed by atoms with Crippen LogP contribution in [0.3, 0.4) is 0 Å². The number of pyridine rings is 1. The highest BCUT2D eigenvalue weighted by molar-refractivity contribution is 7.91. The van der Waals surface area contributed by atoms with Crippen LogP contribution in [-0.2, 0) is 29.1 Å². The Morgan fingerprint density at radius 3 is 2.43 bits per heavy atom. The number of halogens is 3. The molecule has 6 rings (SSSR count). The second-order valence-corrected chi connectivity index (χ2v) is 19.0. The van der Waals surface area contributed by atoms with Gasteiger partial charge in [-0.2, -0.15) is 13.2 Å². The zero-order valence-corrected chi connectivity index (χ0v) is 34.3. The summed E-state index contributed by atoms with van der Waals surface area (Å²) < 4.78 is 85.6. The van der Waals surface area contributed by atoms with Crippen molar-refractivity contribution in [1.82, 2.24) is 25.2 Å². The Labute approximate surface area is 336 Å². The molecule has 1 saturated heterocycles. The number of hydrogen-bond donors (Lipinski definition) is 3. The summed E-state index contributed by atoms with van der Waals surface area (Å²) in [7, 11) is -2.58. The quantitative estimate of drug-likeness (QED) is 0.281. The number of carbonyl (C=O) groups excluding carboxylic acids is 4. The lowest BCUT2D eigenvalue weighted by Crippen LogP contribution is -2.60. The van der Waals surface area contributed by atoms with Crippen LogP contribution >= 0.6 is 0 Å². The van der Waals surface area contributed by atoms with E-state index in [1.807, 2.05) is 25.1 Å². The molecule has 1 aromatic carbocycles. The Morgan fingerprint density at radius 2 is 1.79 bits per heavy atom. The molecule has 4 aliphatic rings. The predicted molar refractivity (Wildman–Crippen MR) is 206 cm³/mol. The molecule has 58 heavy (non-hydrogen) atoms. The number of amides is 4. The maximum atomic E-state index is 14.9. The lowest BCUT2D eigenvalue weighted by molar-refractivity contribution is -0.244. The van der Waals surface area contributed by atoms with Crippen molar-refractivity contribution in [2.45, 2.75) is 126 Å². The van der Waals surface area contributed by atoms with Crippen molar-refractivity contribution in [3.8, 4) is 11.6 Å². The summed E-state index contributed by atoms with van der Waals surface area (Å²) in [5, 5.41) is 6.52. The van der Waals surface area contributed by atoms with Crippen LogP contribution in [0.15, 0.2) is 42.6 Å². The smallest absolute Gasteiger partial charge is 0.427 e. The normalized spacial score (nSPS) is 28.9. The first-order valence-electron chi connectivity index (χ1n) is 19.7. The number of sulfonamides is 1. The minimum atomic E-state index is -4.91. The van der Waals surface area contributed by atoms with E-state index in [1.165, 1.54) is 25.1 Å². The number of benzene rings is 1. The highest BCUT2D eigenvalue weighted by atomic mass is 32.2. The number of fused-ring (bicyclic) bond motifs is 3. The largest absolute Gasteiger partial charge is 0.494 e. The van der Waals surface area contributed by atoms with Crippen LogP contribution < -0.4 is 24.8 Å². The molecule has 1 aromatic heterocycles. The van der Waals surface area contributed by atoms with E-state index >= 15 is 0 Å². The molecule has 2 aliphatic heterocycles. The van der Waals surface area contributed by atoms with E-state index < -0.39 is 85.9 Å². The molecule has 14 nitrogen and oxygen atoms in total. The van der Waals surface area contributed by atoms with Crippen molar-refractivity contribution >= 4 is 44.6 Å². The van der Waals surface area contributed by atoms with Gasteiger partial charge in [-0.05, 0) is 77.2 Å². The Bertz CT molecular complexity index is 2070. The molecule has 0 bridgehead atoms.